The summed E-state index contributed by atoms with van der Waals surface area (Å²) in [7, 11) is 0. The van der Waals surface area contributed by atoms with E-state index in [1.54, 1.807) is 6.07 Å². The molecule has 0 atom stereocenters. The van der Waals surface area contributed by atoms with Crippen LogP contribution in [0.4, 0.5) is 4.39 Å². The Kier molecular flexibility index (Phi) is 4.01. The summed E-state index contributed by atoms with van der Waals surface area (Å²) in [6.07, 6.45) is 3.69. The molecule has 96 valence electrons. The highest BCUT2D eigenvalue weighted by Crippen LogP contribution is 2.20. The lowest BCUT2D eigenvalue weighted by Crippen LogP contribution is -2.02. The molecule has 1 aromatic heterocycles. The fraction of sp³-hybridized carbons (Fsp3) is 0.385. The van der Waals surface area contributed by atoms with Gasteiger partial charge in [-0.15, -0.1) is 12.6 Å². The largest absolute Gasteiger partial charge is 0.333 e. The van der Waals surface area contributed by atoms with E-state index in [1.807, 2.05) is 0 Å². The van der Waals surface area contributed by atoms with Crippen LogP contribution in [-0.2, 0) is 0 Å². The van der Waals surface area contributed by atoms with Crippen LogP contribution in [0, 0.1) is 11.2 Å². The molecule has 1 heterocycles. The SMILES string of the molecule is CCCCCC(=N)c1cc2nc(S)[nH]c2cc1F. The zero-order valence-electron chi connectivity index (χ0n) is 10.3. The number of nitrogens with one attached hydrogen (secondary N) is 2. The number of fused-ring (bicyclic) bond motifs is 1. The molecule has 0 aliphatic heterocycles. The minimum atomic E-state index is -0.374. The monoisotopic (exact) mass is 265 g/mol. The summed E-state index contributed by atoms with van der Waals surface area (Å²) in [4.78, 5) is 7.00. The molecule has 0 aliphatic rings. The number of rotatable bonds is 5. The molecule has 2 aromatic rings. The van der Waals surface area contributed by atoms with Gasteiger partial charge in [0.2, 0.25) is 0 Å². The summed E-state index contributed by atoms with van der Waals surface area (Å²) < 4.78 is 13.9. The van der Waals surface area contributed by atoms with Crippen molar-refractivity contribution in [2.45, 2.75) is 37.8 Å². The van der Waals surface area contributed by atoms with E-state index in [4.69, 9.17) is 5.41 Å². The summed E-state index contributed by atoms with van der Waals surface area (Å²) >= 11 is 4.09. The molecule has 0 saturated carbocycles. The van der Waals surface area contributed by atoms with Crippen molar-refractivity contribution >= 4 is 29.4 Å². The molecule has 0 fully saturated rings. The van der Waals surface area contributed by atoms with Crippen molar-refractivity contribution in [2.75, 3.05) is 0 Å². The van der Waals surface area contributed by atoms with Gasteiger partial charge in [-0.2, -0.15) is 0 Å². The number of aromatic amines is 1. The maximum Gasteiger partial charge on any atom is 0.163 e. The molecule has 0 bridgehead atoms. The molecule has 5 heteroatoms. The highest BCUT2D eigenvalue weighted by atomic mass is 32.1. The molecule has 0 saturated heterocycles. The second-order valence-corrected chi connectivity index (χ2v) is 4.77. The van der Waals surface area contributed by atoms with Crippen LogP contribution in [0.15, 0.2) is 17.3 Å². The van der Waals surface area contributed by atoms with Crippen LogP contribution < -0.4 is 0 Å². The van der Waals surface area contributed by atoms with Gasteiger partial charge >= 0.3 is 0 Å². The quantitative estimate of drug-likeness (QED) is 0.428. The lowest BCUT2D eigenvalue weighted by atomic mass is 10.0. The number of halogens is 1. The van der Waals surface area contributed by atoms with Crippen LogP contribution in [-0.4, -0.2) is 15.7 Å². The predicted molar refractivity (Wildman–Crippen MR) is 74.3 cm³/mol. The molecule has 2 rings (SSSR count). The Bertz CT molecular complexity index is 577. The summed E-state index contributed by atoms with van der Waals surface area (Å²) in [5, 5.41) is 8.39. The third kappa shape index (κ3) is 2.72. The van der Waals surface area contributed by atoms with Gasteiger partial charge in [0.05, 0.1) is 11.0 Å². The first kappa shape index (κ1) is 13.1. The van der Waals surface area contributed by atoms with Crippen molar-refractivity contribution < 1.29 is 4.39 Å². The number of nitrogens with zero attached hydrogens (tertiary/aromatic N) is 1. The Labute approximate surface area is 111 Å². The van der Waals surface area contributed by atoms with E-state index in [1.165, 1.54) is 6.07 Å². The van der Waals surface area contributed by atoms with Gasteiger partial charge in [0.1, 0.15) is 5.82 Å². The van der Waals surface area contributed by atoms with Crippen molar-refractivity contribution in [2.24, 2.45) is 0 Å². The lowest BCUT2D eigenvalue weighted by Gasteiger charge is -2.05. The Morgan fingerprint density at radius 2 is 2.22 bits per heavy atom. The fourth-order valence-corrected chi connectivity index (χ4v) is 2.16. The second kappa shape index (κ2) is 5.52. The van der Waals surface area contributed by atoms with Gasteiger partial charge in [0, 0.05) is 17.3 Å². The lowest BCUT2D eigenvalue weighted by molar-refractivity contribution is 0.625. The van der Waals surface area contributed by atoms with Crippen LogP contribution in [0.1, 0.15) is 38.2 Å². The molecule has 0 radical (unpaired) electrons. The van der Waals surface area contributed by atoms with Crippen molar-refractivity contribution in [1.82, 2.24) is 9.97 Å². The van der Waals surface area contributed by atoms with Crippen LogP contribution in [0.2, 0.25) is 0 Å². The van der Waals surface area contributed by atoms with E-state index in [2.05, 4.69) is 29.5 Å². The standard InChI is InChI=1S/C13H16FN3S/c1-2-3-4-5-10(15)8-6-11-12(7-9(8)14)17-13(18)16-11/h6-7,15H,2-5H2,1H3,(H2,16,17,18). The number of benzene rings is 1. The first-order valence-corrected chi connectivity index (χ1v) is 6.52. The van der Waals surface area contributed by atoms with E-state index < -0.39 is 0 Å². The molecule has 0 aliphatic carbocycles. The van der Waals surface area contributed by atoms with Gasteiger partial charge in [-0.25, -0.2) is 9.37 Å². The maximum atomic E-state index is 13.9. The highest BCUT2D eigenvalue weighted by Gasteiger charge is 2.11. The van der Waals surface area contributed by atoms with Crippen LogP contribution in [0.25, 0.3) is 11.0 Å². The van der Waals surface area contributed by atoms with Gasteiger partial charge in [0.25, 0.3) is 0 Å². The van der Waals surface area contributed by atoms with E-state index in [0.29, 0.717) is 33.9 Å². The Balaban J connectivity index is 2.26. The summed E-state index contributed by atoms with van der Waals surface area (Å²) in [5.41, 5.74) is 1.95. The molecule has 0 unspecified atom stereocenters. The molecule has 3 nitrogen and oxygen atoms in total. The van der Waals surface area contributed by atoms with Crippen LogP contribution in [0.3, 0.4) is 0 Å². The van der Waals surface area contributed by atoms with Crippen molar-refractivity contribution in [3.8, 4) is 0 Å². The van der Waals surface area contributed by atoms with E-state index in [-0.39, 0.29) is 5.82 Å². The molecule has 0 spiro atoms. The first-order chi connectivity index (χ1) is 8.61. The number of H-pyrrole nitrogens is 1. The van der Waals surface area contributed by atoms with E-state index >= 15 is 0 Å². The Morgan fingerprint density at radius 1 is 1.44 bits per heavy atom. The normalized spacial score (nSPS) is 11.1. The summed E-state index contributed by atoms with van der Waals surface area (Å²) in [5.74, 6) is -0.374. The minimum absolute atomic E-state index is 0.339. The number of imidazole rings is 1. The molecular formula is C13H16FN3S. The Hall–Kier alpha value is -1.36. The van der Waals surface area contributed by atoms with E-state index in [9.17, 15) is 4.39 Å². The van der Waals surface area contributed by atoms with Crippen LogP contribution >= 0.6 is 12.6 Å². The average molecular weight is 265 g/mol. The van der Waals surface area contributed by atoms with Crippen molar-refractivity contribution in [3.05, 3.63) is 23.5 Å². The van der Waals surface area contributed by atoms with Gasteiger partial charge < -0.3 is 10.4 Å². The van der Waals surface area contributed by atoms with Gasteiger partial charge in [-0.05, 0) is 18.9 Å². The number of hydrogen-bond donors (Lipinski definition) is 3. The van der Waals surface area contributed by atoms with E-state index in [0.717, 1.165) is 19.3 Å². The number of aromatic nitrogens is 2. The zero-order chi connectivity index (χ0) is 13.1. The highest BCUT2D eigenvalue weighted by molar-refractivity contribution is 7.80. The van der Waals surface area contributed by atoms with Gasteiger partial charge in [-0.3, -0.25) is 0 Å². The number of thiol groups is 1. The zero-order valence-corrected chi connectivity index (χ0v) is 11.1. The topological polar surface area (TPSA) is 52.5 Å². The number of hydrogen-bond acceptors (Lipinski definition) is 3. The third-order valence-corrected chi connectivity index (χ3v) is 3.13. The number of unbranched alkanes of at least 4 members (excludes halogenated alkanes) is 2. The second-order valence-electron chi connectivity index (χ2n) is 4.35. The van der Waals surface area contributed by atoms with Crippen molar-refractivity contribution in [3.63, 3.8) is 0 Å². The molecule has 1 aromatic carbocycles. The molecule has 2 N–H and O–H groups in total. The average Bonchev–Trinajstić information content (AvgIpc) is 2.67. The molecule has 18 heavy (non-hydrogen) atoms. The molecule has 0 amide bonds. The maximum absolute atomic E-state index is 13.9. The summed E-state index contributed by atoms with van der Waals surface area (Å²) in [6.45, 7) is 2.11. The third-order valence-electron chi connectivity index (χ3n) is 2.91. The van der Waals surface area contributed by atoms with Crippen LogP contribution in [0.5, 0.6) is 0 Å². The molecular weight excluding hydrogens is 249 g/mol. The smallest absolute Gasteiger partial charge is 0.163 e. The minimum Gasteiger partial charge on any atom is -0.333 e. The summed E-state index contributed by atoms with van der Waals surface area (Å²) in [6, 6.07) is 3.00. The fourth-order valence-electron chi connectivity index (χ4n) is 1.93. The first-order valence-electron chi connectivity index (χ1n) is 6.08. The van der Waals surface area contributed by atoms with Gasteiger partial charge in [-0.1, -0.05) is 19.8 Å². The van der Waals surface area contributed by atoms with Gasteiger partial charge in [0.15, 0.2) is 5.16 Å². The Morgan fingerprint density at radius 3 is 2.94 bits per heavy atom. The predicted octanol–water partition coefficient (Wildman–Crippen LogP) is 3.94. The van der Waals surface area contributed by atoms with Crippen molar-refractivity contribution in [1.29, 1.82) is 5.41 Å².